The average molecular weight is 256 g/mol. The van der Waals surface area contributed by atoms with Gasteiger partial charge in [-0.2, -0.15) is 15.0 Å². The summed E-state index contributed by atoms with van der Waals surface area (Å²) in [5.74, 6) is 1.22. The van der Waals surface area contributed by atoms with E-state index in [1.54, 1.807) is 0 Å². The summed E-state index contributed by atoms with van der Waals surface area (Å²) in [6, 6.07) is 0. The fraction of sp³-hybridized carbons (Fsp3) is 0.727. The van der Waals surface area contributed by atoms with E-state index in [4.69, 9.17) is 11.6 Å². The molecule has 1 aromatic heterocycles. The van der Waals surface area contributed by atoms with Crippen molar-refractivity contribution in [3.63, 3.8) is 0 Å². The van der Waals surface area contributed by atoms with E-state index < -0.39 is 0 Å². The van der Waals surface area contributed by atoms with Gasteiger partial charge in [0.1, 0.15) is 0 Å². The van der Waals surface area contributed by atoms with Crippen LogP contribution in [0.4, 0.5) is 11.9 Å². The van der Waals surface area contributed by atoms with Gasteiger partial charge in [0.25, 0.3) is 0 Å². The van der Waals surface area contributed by atoms with Crippen LogP contribution in [-0.2, 0) is 0 Å². The number of nitrogens with zero attached hydrogens (tertiary/aromatic N) is 4. The van der Waals surface area contributed by atoms with E-state index in [-0.39, 0.29) is 10.8 Å². The molecule has 1 saturated carbocycles. The number of halogens is 1. The Morgan fingerprint density at radius 2 is 1.88 bits per heavy atom. The SMILES string of the molecule is CCN(CC)c1nc(Cl)nc(NC2(C)CC2)n1. The molecule has 5 nitrogen and oxygen atoms in total. The Labute approximate surface area is 107 Å². The molecule has 0 unspecified atom stereocenters. The van der Waals surface area contributed by atoms with Crippen molar-refractivity contribution < 1.29 is 0 Å². The minimum absolute atomic E-state index is 0.144. The first-order valence-corrected chi connectivity index (χ1v) is 6.39. The van der Waals surface area contributed by atoms with Crippen LogP contribution in [0.2, 0.25) is 5.28 Å². The van der Waals surface area contributed by atoms with Crippen molar-refractivity contribution in [3.05, 3.63) is 5.28 Å². The molecule has 1 aromatic rings. The van der Waals surface area contributed by atoms with Crippen LogP contribution in [0.5, 0.6) is 0 Å². The zero-order valence-electron chi connectivity index (χ0n) is 10.5. The molecule has 17 heavy (non-hydrogen) atoms. The van der Waals surface area contributed by atoms with Gasteiger partial charge >= 0.3 is 0 Å². The van der Waals surface area contributed by atoms with Crippen LogP contribution in [0.25, 0.3) is 0 Å². The number of anilines is 2. The second-order valence-electron chi connectivity index (χ2n) is 4.59. The van der Waals surface area contributed by atoms with Crippen molar-refractivity contribution in [2.45, 2.75) is 39.2 Å². The molecule has 0 atom stereocenters. The van der Waals surface area contributed by atoms with Gasteiger partial charge in [0.2, 0.25) is 17.2 Å². The quantitative estimate of drug-likeness (QED) is 0.875. The Morgan fingerprint density at radius 1 is 1.24 bits per heavy atom. The number of nitrogens with one attached hydrogen (secondary N) is 1. The molecule has 0 bridgehead atoms. The molecule has 0 amide bonds. The molecule has 94 valence electrons. The third kappa shape index (κ3) is 2.97. The Morgan fingerprint density at radius 3 is 2.41 bits per heavy atom. The van der Waals surface area contributed by atoms with Crippen LogP contribution in [0, 0.1) is 0 Å². The van der Waals surface area contributed by atoms with Crippen LogP contribution >= 0.6 is 11.6 Å². The summed E-state index contributed by atoms with van der Waals surface area (Å²) < 4.78 is 0. The summed E-state index contributed by atoms with van der Waals surface area (Å²) in [6.45, 7) is 8.00. The van der Waals surface area contributed by atoms with Crippen LogP contribution in [0.15, 0.2) is 0 Å². The van der Waals surface area contributed by atoms with Crippen molar-refractivity contribution in [2.24, 2.45) is 0 Å². The molecule has 2 rings (SSSR count). The number of hydrogen-bond acceptors (Lipinski definition) is 5. The van der Waals surface area contributed by atoms with E-state index in [0.717, 1.165) is 25.9 Å². The zero-order chi connectivity index (χ0) is 12.5. The van der Waals surface area contributed by atoms with E-state index in [9.17, 15) is 0 Å². The van der Waals surface area contributed by atoms with Gasteiger partial charge in [0.15, 0.2) is 0 Å². The average Bonchev–Trinajstić information content (AvgIpc) is 2.97. The highest BCUT2D eigenvalue weighted by Gasteiger charge is 2.38. The molecule has 1 heterocycles. The van der Waals surface area contributed by atoms with Gasteiger partial charge in [-0.3, -0.25) is 0 Å². The highest BCUT2D eigenvalue weighted by Crippen LogP contribution is 2.37. The first-order valence-electron chi connectivity index (χ1n) is 6.01. The lowest BCUT2D eigenvalue weighted by Gasteiger charge is -2.19. The molecule has 1 N–H and O–H groups in total. The maximum atomic E-state index is 5.93. The first kappa shape index (κ1) is 12.4. The number of aromatic nitrogens is 3. The normalized spacial score (nSPS) is 16.7. The Kier molecular flexibility index (Phi) is 3.38. The lowest BCUT2D eigenvalue weighted by Crippen LogP contribution is -2.26. The topological polar surface area (TPSA) is 53.9 Å². The molecule has 0 saturated heterocycles. The molecule has 0 radical (unpaired) electrons. The summed E-state index contributed by atoms with van der Waals surface area (Å²) in [5.41, 5.74) is 0.144. The minimum atomic E-state index is 0.144. The fourth-order valence-electron chi connectivity index (χ4n) is 1.63. The standard InChI is InChI=1S/C11H18ClN5/c1-4-17(5-2)10-14-8(12)13-9(15-10)16-11(3)6-7-11/h4-7H2,1-3H3,(H,13,14,15,16). The van der Waals surface area contributed by atoms with Crippen molar-refractivity contribution >= 4 is 23.5 Å². The van der Waals surface area contributed by atoms with Gasteiger partial charge in [-0.1, -0.05) is 0 Å². The van der Waals surface area contributed by atoms with Crippen molar-refractivity contribution in [1.29, 1.82) is 0 Å². The van der Waals surface area contributed by atoms with Gasteiger partial charge in [0.05, 0.1) is 0 Å². The smallest absolute Gasteiger partial charge is 0.231 e. The summed E-state index contributed by atoms with van der Waals surface area (Å²) in [7, 11) is 0. The molecule has 1 fully saturated rings. The summed E-state index contributed by atoms with van der Waals surface area (Å²) in [4.78, 5) is 14.7. The number of hydrogen-bond donors (Lipinski definition) is 1. The molecule has 1 aliphatic carbocycles. The van der Waals surface area contributed by atoms with Crippen molar-refractivity contribution in [3.8, 4) is 0 Å². The molecule has 0 aromatic carbocycles. The lowest BCUT2D eigenvalue weighted by atomic mass is 10.3. The molecule has 6 heteroatoms. The van der Waals surface area contributed by atoms with Crippen LogP contribution in [0.1, 0.15) is 33.6 Å². The predicted octanol–water partition coefficient (Wildman–Crippen LogP) is 2.34. The Bertz CT molecular complexity index is 401. The van der Waals surface area contributed by atoms with E-state index in [0.29, 0.717) is 11.9 Å². The Balaban J connectivity index is 2.22. The summed E-state index contributed by atoms with van der Waals surface area (Å²) in [6.07, 6.45) is 2.30. The van der Waals surface area contributed by atoms with E-state index in [1.165, 1.54) is 0 Å². The van der Waals surface area contributed by atoms with Crippen molar-refractivity contribution in [2.75, 3.05) is 23.3 Å². The van der Waals surface area contributed by atoms with Crippen LogP contribution in [0.3, 0.4) is 0 Å². The first-order chi connectivity index (χ1) is 8.06. The monoisotopic (exact) mass is 255 g/mol. The van der Waals surface area contributed by atoms with Crippen LogP contribution in [-0.4, -0.2) is 33.6 Å². The second-order valence-corrected chi connectivity index (χ2v) is 4.92. The molecule has 0 aliphatic heterocycles. The third-order valence-electron chi connectivity index (χ3n) is 3.06. The zero-order valence-corrected chi connectivity index (χ0v) is 11.3. The van der Waals surface area contributed by atoms with E-state index in [2.05, 4.69) is 41.0 Å². The number of rotatable bonds is 5. The van der Waals surface area contributed by atoms with Gasteiger partial charge < -0.3 is 10.2 Å². The van der Waals surface area contributed by atoms with Gasteiger partial charge in [-0.15, -0.1) is 0 Å². The Hall–Kier alpha value is -1.10. The highest BCUT2D eigenvalue weighted by atomic mass is 35.5. The minimum Gasteiger partial charge on any atom is -0.349 e. The largest absolute Gasteiger partial charge is 0.349 e. The molecule has 0 spiro atoms. The highest BCUT2D eigenvalue weighted by molar-refractivity contribution is 6.28. The van der Waals surface area contributed by atoms with Crippen molar-refractivity contribution in [1.82, 2.24) is 15.0 Å². The molecular formula is C11H18ClN5. The lowest BCUT2D eigenvalue weighted by molar-refractivity contribution is 0.782. The van der Waals surface area contributed by atoms with E-state index >= 15 is 0 Å². The maximum Gasteiger partial charge on any atom is 0.231 e. The van der Waals surface area contributed by atoms with E-state index in [1.807, 2.05) is 4.90 Å². The second kappa shape index (κ2) is 4.64. The molecule has 1 aliphatic rings. The summed E-state index contributed by atoms with van der Waals surface area (Å²) >= 11 is 5.93. The summed E-state index contributed by atoms with van der Waals surface area (Å²) in [5, 5.41) is 3.55. The predicted molar refractivity (Wildman–Crippen MR) is 69.7 cm³/mol. The van der Waals surface area contributed by atoms with Gasteiger partial charge in [-0.05, 0) is 45.2 Å². The van der Waals surface area contributed by atoms with Gasteiger partial charge in [0, 0.05) is 18.6 Å². The fourth-order valence-corrected chi connectivity index (χ4v) is 1.78. The van der Waals surface area contributed by atoms with Gasteiger partial charge in [-0.25, -0.2) is 0 Å². The third-order valence-corrected chi connectivity index (χ3v) is 3.23. The van der Waals surface area contributed by atoms with Crippen LogP contribution < -0.4 is 10.2 Å². The maximum absolute atomic E-state index is 5.93. The molecular weight excluding hydrogens is 238 g/mol.